The van der Waals surface area contributed by atoms with Crippen LogP contribution in [0, 0.1) is 5.92 Å². The summed E-state index contributed by atoms with van der Waals surface area (Å²) in [6, 6.07) is 8.61. The average Bonchev–Trinajstić information content (AvgIpc) is 2.55. The van der Waals surface area contributed by atoms with Crippen LogP contribution in [0.15, 0.2) is 24.3 Å². The number of hydrogen-bond acceptors (Lipinski definition) is 1. The van der Waals surface area contributed by atoms with Crippen molar-refractivity contribution in [3.63, 3.8) is 0 Å². The fourth-order valence-electron chi connectivity index (χ4n) is 2.49. The molecule has 0 saturated heterocycles. The van der Waals surface area contributed by atoms with E-state index in [2.05, 4.69) is 62.6 Å². The summed E-state index contributed by atoms with van der Waals surface area (Å²) >= 11 is 5.40. The molecule has 2 atom stereocenters. The first-order chi connectivity index (χ1) is 10.6. The van der Waals surface area contributed by atoms with Crippen LogP contribution in [0.25, 0.3) is 0 Å². The SMILES string of the molecule is CCCCC(CC)CNC(=S)Nc1ccc(C(C)CC)cc1. The van der Waals surface area contributed by atoms with Gasteiger partial charge in [0, 0.05) is 12.2 Å². The number of anilines is 1. The molecular weight excluding hydrogens is 288 g/mol. The van der Waals surface area contributed by atoms with Crippen molar-refractivity contribution in [1.82, 2.24) is 5.32 Å². The van der Waals surface area contributed by atoms with E-state index in [4.69, 9.17) is 12.2 Å². The van der Waals surface area contributed by atoms with Gasteiger partial charge in [0.25, 0.3) is 0 Å². The summed E-state index contributed by atoms with van der Waals surface area (Å²) in [5.41, 5.74) is 2.45. The number of unbranched alkanes of at least 4 members (excludes halogenated alkanes) is 1. The Morgan fingerprint density at radius 2 is 1.77 bits per heavy atom. The van der Waals surface area contributed by atoms with Crippen LogP contribution in [0.1, 0.15) is 71.3 Å². The quantitative estimate of drug-likeness (QED) is 0.570. The molecule has 0 saturated carbocycles. The summed E-state index contributed by atoms with van der Waals surface area (Å²) in [5, 5.41) is 7.37. The van der Waals surface area contributed by atoms with E-state index in [1.807, 2.05) is 0 Å². The number of hydrogen-bond donors (Lipinski definition) is 2. The Morgan fingerprint density at radius 1 is 1.09 bits per heavy atom. The Labute approximate surface area is 142 Å². The first-order valence-corrected chi connectivity index (χ1v) is 9.16. The summed E-state index contributed by atoms with van der Waals surface area (Å²) < 4.78 is 0. The highest BCUT2D eigenvalue weighted by atomic mass is 32.1. The second-order valence-corrected chi connectivity index (χ2v) is 6.59. The maximum atomic E-state index is 5.40. The predicted molar refractivity (Wildman–Crippen MR) is 103 cm³/mol. The standard InChI is InChI=1S/C19H32N2S/c1-5-8-9-16(7-3)14-20-19(22)21-18-12-10-17(11-13-18)15(4)6-2/h10-13,15-16H,5-9,14H2,1-4H3,(H2,20,21,22). The van der Waals surface area contributed by atoms with E-state index < -0.39 is 0 Å². The van der Waals surface area contributed by atoms with Crippen molar-refractivity contribution < 1.29 is 0 Å². The zero-order valence-electron chi connectivity index (χ0n) is 14.6. The van der Waals surface area contributed by atoms with Gasteiger partial charge in [-0.05, 0) is 54.6 Å². The van der Waals surface area contributed by atoms with Gasteiger partial charge in [-0.15, -0.1) is 0 Å². The van der Waals surface area contributed by atoms with Crippen molar-refractivity contribution in [2.75, 3.05) is 11.9 Å². The number of nitrogens with one attached hydrogen (secondary N) is 2. The van der Waals surface area contributed by atoms with Crippen molar-refractivity contribution in [3.05, 3.63) is 29.8 Å². The Balaban J connectivity index is 2.41. The molecule has 2 N–H and O–H groups in total. The van der Waals surface area contributed by atoms with E-state index in [1.54, 1.807) is 0 Å². The van der Waals surface area contributed by atoms with Gasteiger partial charge >= 0.3 is 0 Å². The van der Waals surface area contributed by atoms with Crippen molar-refractivity contribution in [3.8, 4) is 0 Å². The molecule has 0 aliphatic carbocycles. The van der Waals surface area contributed by atoms with Gasteiger partial charge < -0.3 is 10.6 Å². The molecule has 22 heavy (non-hydrogen) atoms. The molecule has 2 nitrogen and oxygen atoms in total. The predicted octanol–water partition coefficient (Wildman–Crippen LogP) is 5.70. The van der Waals surface area contributed by atoms with E-state index >= 15 is 0 Å². The second kappa shape index (κ2) is 10.6. The van der Waals surface area contributed by atoms with Gasteiger partial charge in [0.2, 0.25) is 0 Å². The summed E-state index contributed by atoms with van der Waals surface area (Å²) in [7, 11) is 0. The fourth-order valence-corrected chi connectivity index (χ4v) is 2.69. The monoisotopic (exact) mass is 320 g/mol. The smallest absolute Gasteiger partial charge is 0.170 e. The van der Waals surface area contributed by atoms with Gasteiger partial charge in [-0.1, -0.05) is 59.1 Å². The lowest BCUT2D eigenvalue weighted by Crippen LogP contribution is -2.32. The maximum absolute atomic E-state index is 5.40. The van der Waals surface area contributed by atoms with Crippen LogP contribution in [-0.2, 0) is 0 Å². The van der Waals surface area contributed by atoms with Gasteiger partial charge in [0.15, 0.2) is 5.11 Å². The van der Waals surface area contributed by atoms with E-state index in [-0.39, 0.29) is 0 Å². The lowest BCUT2D eigenvalue weighted by atomic mass is 9.99. The Bertz CT molecular complexity index is 428. The summed E-state index contributed by atoms with van der Waals surface area (Å²) in [4.78, 5) is 0. The molecule has 1 aromatic rings. The van der Waals surface area contributed by atoms with E-state index in [0.717, 1.165) is 17.3 Å². The third-order valence-corrected chi connectivity index (χ3v) is 4.69. The van der Waals surface area contributed by atoms with Crippen LogP contribution < -0.4 is 10.6 Å². The molecule has 0 amide bonds. The average molecular weight is 321 g/mol. The van der Waals surface area contributed by atoms with Gasteiger partial charge in [-0.25, -0.2) is 0 Å². The first kappa shape index (κ1) is 19.0. The topological polar surface area (TPSA) is 24.1 Å². The minimum absolute atomic E-state index is 0.614. The Kier molecular flexibility index (Phi) is 9.14. The molecule has 0 aromatic heterocycles. The van der Waals surface area contributed by atoms with Crippen molar-refractivity contribution in [2.24, 2.45) is 5.92 Å². The number of rotatable bonds is 9. The second-order valence-electron chi connectivity index (χ2n) is 6.18. The molecule has 3 heteroatoms. The first-order valence-electron chi connectivity index (χ1n) is 8.75. The third-order valence-electron chi connectivity index (χ3n) is 4.44. The highest BCUT2D eigenvalue weighted by Crippen LogP contribution is 2.20. The van der Waals surface area contributed by atoms with Crippen molar-refractivity contribution in [2.45, 2.75) is 65.7 Å². The van der Waals surface area contributed by atoms with Crippen molar-refractivity contribution >= 4 is 23.0 Å². The van der Waals surface area contributed by atoms with Gasteiger partial charge in [-0.2, -0.15) is 0 Å². The van der Waals surface area contributed by atoms with Crippen LogP contribution in [0.2, 0.25) is 0 Å². The molecule has 0 aliphatic rings. The molecule has 2 unspecified atom stereocenters. The summed E-state index contributed by atoms with van der Waals surface area (Å²) in [6.07, 6.45) is 6.23. The number of benzene rings is 1. The zero-order valence-corrected chi connectivity index (χ0v) is 15.4. The molecule has 0 radical (unpaired) electrons. The molecule has 0 fully saturated rings. The molecule has 1 rings (SSSR count). The lowest BCUT2D eigenvalue weighted by Gasteiger charge is -2.17. The highest BCUT2D eigenvalue weighted by molar-refractivity contribution is 7.80. The van der Waals surface area contributed by atoms with Crippen LogP contribution >= 0.6 is 12.2 Å². The third kappa shape index (κ3) is 6.78. The highest BCUT2D eigenvalue weighted by Gasteiger charge is 2.07. The minimum atomic E-state index is 0.614. The Hall–Kier alpha value is -1.09. The number of thiocarbonyl (C=S) groups is 1. The Morgan fingerprint density at radius 3 is 2.32 bits per heavy atom. The minimum Gasteiger partial charge on any atom is -0.362 e. The zero-order chi connectivity index (χ0) is 16.4. The molecular formula is C19H32N2S. The van der Waals surface area contributed by atoms with Crippen LogP contribution in [0.4, 0.5) is 5.69 Å². The molecule has 0 bridgehead atoms. The van der Waals surface area contributed by atoms with E-state index in [1.165, 1.54) is 37.7 Å². The molecule has 1 aromatic carbocycles. The molecule has 0 aliphatic heterocycles. The van der Waals surface area contributed by atoms with E-state index in [9.17, 15) is 0 Å². The summed E-state index contributed by atoms with van der Waals surface area (Å²) in [6.45, 7) is 9.95. The maximum Gasteiger partial charge on any atom is 0.170 e. The fraction of sp³-hybridized carbons (Fsp3) is 0.632. The van der Waals surface area contributed by atoms with Gasteiger partial charge in [-0.3, -0.25) is 0 Å². The van der Waals surface area contributed by atoms with Gasteiger partial charge in [0.1, 0.15) is 0 Å². The molecule has 0 spiro atoms. The van der Waals surface area contributed by atoms with Crippen LogP contribution in [0.3, 0.4) is 0 Å². The van der Waals surface area contributed by atoms with Gasteiger partial charge in [0.05, 0.1) is 0 Å². The lowest BCUT2D eigenvalue weighted by molar-refractivity contribution is 0.446. The van der Waals surface area contributed by atoms with Crippen LogP contribution in [-0.4, -0.2) is 11.7 Å². The summed E-state index contributed by atoms with van der Waals surface area (Å²) in [5.74, 6) is 1.33. The molecule has 0 heterocycles. The van der Waals surface area contributed by atoms with Crippen LogP contribution in [0.5, 0.6) is 0 Å². The normalized spacial score (nSPS) is 13.5. The van der Waals surface area contributed by atoms with Crippen molar-refractivity contribution in [1.29, 1.82) is 0 Å². The van der Waals surface area contributed by atoms with E-state index in [0.29, 0.717) is 11.8 Å². The molecule has 124 valence electrons. The largest absolute Gasteiger partial charge is 0.362 e.